The summed E-state index contributed by atoms with van der Waals surface area (Å²) >= 11 is 5.34. The third-order valence-corrected chi connectivity index (χ3v) is 5.98. The SMILES string of the molecule is CC1CC(C)C(CN(C)Cc2cc(Br)cs2)C(N)C1. The van der Waals surface area contributed by atoms with Crippen LogP contribution in [0.3, 0.4) is 0 Å². The number of thiophene rings is 1. The first kappa shape index (κ1) is 15.5. The Kier molecular flexibility index (Phi) is 5.46. The van der Waals surface area contributed by atoms with Crippen LogP contribution in [-0.4, -0.2) is 24.5 Å². The van der Waals surface area contributed by atoms with Gasteiger partial charge in [0.05, 0.1) is 0 Å². The zero-order valence-corrected chi connectivity index (χ0v) is 14.5. The molecule has 1 fully saturated rings. The maximum Gasteiger partial charge on any atom is 0.0325 e. The Hall–Kier alpha value is 0.1000. The van der Waals surface area contributed by atoms with Crippen LogP contribution in [0.5, 0.6) is 0 Å². The van der Waals surface area contributed by atoms with Crippen molar-refractivity contribution < 1.29 is 0 Å². The van der Waals surface area contributed by atoms with Gasteiger partial charge in [-0.2, -0.15) is 0 Å². The van der Waals surface area contributed by atoms with Gasteiger partial charge >= 0.3 is 0 Å². The van der Waals surface area contributed by atoms with E-state index >= 15 is 0 Å². The summed E-state index contributed by atoms with van der Waals surface area (Å²) in [5, 5.41) is 2.15. The first-order valence-corrected chi connectivity index (χ1v) is 8.80. The molecule has 1 aromatic rings. The lowest BCUT2D eigenvalue weighted by atomic mass is 9.72. The molecule has 1 aliphatic rings. The Labute approximate surface area is 129 Å². The van der Waals surface area contributed by atoms with Gasteiger partial charge in [-0.15, -0.1) is 11.3 Å². The number of rotatable bonds is 4. The summed E-state index contributed by atoms with van der Waals surface area (Å²) in [6.45, 7) is 6.85. The maximum atomic E-state index is 6.37. The second-order valence-corrected chi connectivity index (χ2v) is 8.22. The van der Waals surface area contributed by atoms with Gasteiger partial charge in [-0.3, -0.25) is 0 Å². The quantitative estimate of drug-likeness (QED) is 0.895. The fourth-order valence-electron chi connectivity index (χ4n) is 3.41. The predicted molar refractivity (Wildman–Crippen MR) is 87.4 cm³/mol. The first-order chi connectivity index (χ1) is 8.95. The van der Waals surface area contributed by atoms with E-state index in [0.717, 1.165) is 24.9 Å². The molecule has 0 amide bonds. The summed E-state index contributed by atoms with van der Waals surface area (Å²) in [7, 11) is 2.21. The Bertz CT molecular complexity index is 395. The van der Waals surface area contributed by atoms with E-state index < -0.39 is 0 Å². The minimum Gasteiger partial charge on any atom is -0.327 e. The van der Waals surface area contributed by atoms with Crippen LogP contribution in [0.4, 0.5) is 0 Å². The highest BCUT2D eigenvalue weighted by molar-refractivity contribution is 9.10. The van der Waals surface area contributed by atoms with E-state index in [-0.39, 0.29) is 0 Å². The molecule has 0 bridgehead atoms. The zero-order valence-electron chi connectivity index (χ0n) is 12.1. The molecule has 2 nitrogen and oxygen atoms in total. The zero-order chi connectivity index (χ0) is 14.0. The lowest BCUT2D eigenvalue weighted by Crippen LogP contribution is -2.45. The molecule has 0 spiro atoms. The molecule has 0 aliphatic heterocycles. The molecule has 2 rings (SSSR count). The van der Waals surface area contributed by atoms with Gasteiger partial charge in [-0.25, -0.2) is 0 Å². The van der Waals surface area contributed by atoms with Crippen LogP contribution < -0.4 is 5.73 Å². The van der Waals surface area contributed by atoms with E-state index in [2.05, 4.69) is 53.2 Å². The Morgan fingerprint density at radius 2 is 2.16 bits per heavy atom. The molecule has 0 radical (unpaired) electrons. The number of hydrogen-bond donors (Lipinski definition) is 1. The molecule has 1 heterocycles. The van der Waals surface area contributed by atoms with Gasteiger partial charge in [-0.1, -0.05) is 13.8 Å². The molecule has 4 atom stereocenters. The van der Waals surface area contributed by atoms with Crippen molar-refractivity contribution in [1.29, 1.82) is 0 Å². The number of hydrogen-bond acceptors (Lipinski definition) is 3. The lowest BCUT2D eigenvalue weighted by Gasteiger charge is -2.39. The van der Waals surface area contributed by atoms with Gasteiger partial charge in [-0.05, 0) is 59.6 Å². The number of halogens is 1. The van der Waals surface area contributed by atoms with Crippen molar-refractivity contribution in [3.8, 4) is 0 Å². The van der Waals surface area contributed by atoms with Crippen LogP contribution >= 0.6 is 27.3 Å². The average Bonchev–Trinajstić information content (AvgIpc) is 2.69. The van der Waals surface area contributed by atoms with Crippen molar-refractivity contribution in [2.24, 2.45) is 23.5 Å². The van der Waals surface area contributed by atoms with Crippen LogP contribution in [0.1, 0.15) is 31.6 Å². The fraction of sp³-hybridized carbons (Fsp3) is 0.733. The topological polar surface area (TPSA) is 29.3 Å². The molecule has 108 valence electrons. The van der Waals surface area contributed by atoms with Crippen LogP contribution in [0.15, 0.2) is 15.9 Å². The highest BCUT2D eigenvalue weighted by Gasteiger charge is 2.32. The van der Waals surface area contributed by atoms with Gasteiger partial charge in [0, 0.05) is 33.9 Å². The van der Waals surface area contributed by atoms with E-state index in [1.54, 1.807) is 0 Å². The molecule has 0 saturated heterocycles. The summed E-state index contributed by atoms with van der Waals surface area (Å²) < 4.78 is 1.19. The van der Waals surface area contributed by atoms with E-state index in [4.69, 9.17) is 5.73 Å². The minimum atomic E-state index is 0.372. The van der Waals surface area contributed by atoms with Gasteiger partial charge in [0.2, 0.25) is 0 Å². The Balaban J connectivity index is 1.89. The first-order valence-electron chi connectivity index (χ1n) is 7.12. The summed E-state index contributed by atoms with van der Waals surface area (Å²) in [5.41, 5.74) is 6.37. The largest absolute Gasteiger partial charge is 0.327 e. The monoisotopic (exact) mass is 344 g/mol. The fourth-order valence-corrected chi connectivity index (χ4v) is 4.94. The summed E-state index contributed by atoms with van der Waals surface area (Å²) in [5.74, 6) is 2.18. The van der Waals surface area contributed by atoms with Crippen LogP contribution in [0, 0.1) is 17.8 Å². The highest BCUT2D eigenvalue weighted by atomic mass is 79.9. The molecule has 19 heavy (non-hydrogen) atoms. The molecule has 1 aromatic heterocycles. The van der Waals surface area contributed by atoms with Crippen molar-refractivity contribution in [2.45, 2.75) is 39.3 Å². The van der Waals surface area contributed by atoms with Crippen molar-refractivity contribution in [1.82, 2.24) is 4.90 Å². The smallest absolute Gasteiger partial charge is 0.0325 e. The molecule has 4 unspecified atom stereocenters. The average molecular weight is 345 g/mol. The Morgan fingerprint density at radius 1 is 1.42 bits per heavy atom. The van der Waals surface area contributed by atoms with E-state index in [9.17, 15) is 0 Å². The molecular weight excluding hydrogens is 320 g/mol. The number of nitrogens with zero attached hydrogens (tertiary/aromatic N) is 1. The standard InChI is InChI=1S/C15H25BrN2S/c1-10-4-11(2)14(15(17)5-10)8-18(3)7-13-6-12(16)9-19-13/h6,9-11,14-15H,4-5,7-8,17H2,1-3H3. The molecule has 2 N–H and O–H groups in total. The summed E-state index contributed by atoms with van der Waals surface area (Å²) in [6, 6.07) is 2.59. The van der Waals surface area contributed by atoms with E-state index in [1.807, 2.05) is 11.3 Å². The van der Waals surface area contributed by atoms with Gasteiger partial charge < -0.3 is 10.6 Å². The lowest BCUT2D eigenvalue weighted by molar-refractivity contribution is 0.128. The highest BCUT2D eigenvalue weighted by Crippen LogP contribution is 2.33. The van der Waals surface area contributed by atoms with E-state index in [0.29, 0.717) is 12.0 Å². The summed E-state index contributed by atoms with van der Waals surface area (Å²) in [6.07, 6.45) is 2.52. The molecule has 0 aromatic carbocycles. The van der Waals surface area contributed by atoms with Crippen LogP contribution in [-0.2, 0) is 6.54 Å². The molecular formula is C15H25BrN2S. The van der Waals surface area contributed by atoms with Crippen LogP contribution in [0.25, 0.3) is 0 Å². The van der Waals surface area contributed by atoms with Gasteiger partial charge in [0.25, 0.3) is 0 Å². The van der Waals surface area contributed by atoms with Crippen molar-refractivity contribution in [3.63, 3.8) is 0 Å². The third kappa shape index (κ3) is 4.28. The maximum absolute atomic E-state index is 6.37. The second-order valence-electron chi connectivity index (χ2n) is 6.31. The third-order valence-electron chi connectivity index (χ3n) is 4.30. The van der Waals surface area contributed by atoms with Crippen molar-refractivity contribution in [3.05, 3.63) is 20.8 Å². The van der Waals surface area contributed by atoms with E-state index in [1.165, 1.54) is 22.2 Å². The summed E-state index contributed by atoms with van der Waals surface area (Å²) in [4.78, 5) is 3.84. The second kappa shape index (κ2) is 6.70. The molecule has 4 heteroatoms. The predicted octanol–water partition coefficient (Wildman–Crippen LogP) is 3.95. The van der Waals surface area contributed by atoms with Crippen LogP contribution in [0.2, 0.25) is 0 Å². The normalized spacial score (nSPS) is 31.9. The minimum absolute atomic E-state index is 0.372. The van der Waals surface area contributed by atoms with Gasteiger partial charge in [0.1, 0.15) is 0 Å². The Morgan fingerprint density at radius 3 is 2.74 bits per heavy atom. The van der Waals surface area contributed by atoms with Crippen molar-refractivity contribution >= 4 is 27.3 Å². The number of nitrogens with two attached hydrogens (primary N) is 1. The van der Waals surface area contributed by atoms with Gasteiger partial charge in [0.15, 0.2) is 0 Å². The molecule has 1 saturated carbocycles. The van der Waals surface area contributed by atoms with Crippen molar-refractivity contribution in [2.75, 3.05) is 13.6 Å². The molecule has 1 aliphatic carbocycles.